The molecule has 0 aromatic heterocycles. The molecule has 8 heteroatoms. The Morgan fingerprint density at radius 1 is 1.29 bits per heavy atom. The summed E-state index contributed by atoms with van der Waals surface area (Å²) in [7, 11) is 0. The number of hydrogen-bond donors (Lipinski definition) is 1. The van der Waals surface area contributed by atoms with E-state index in [1.807, 2.05) is 0 Å². The van der Waals surface area contributed by atoms with Gasteiger partial charge in [0.05, 0.1) is 17.5 Å². The molecular formula is C16H20Cl2N2O4. The van der Waals surface area contributed by atoms with Crippen LogP contribution in [0.15, 0.2) is 23.3 Å². The number of carbonyl (C=O) groups excluding carboxylic acids is 2. The average Bonchev–Trinajstić information content (AvgIpc) is 2.54. The third-order valence-corrected chi connectivity index (χ3v) is 3.71. The molecule has 0 heterocycles. The minimum absolute atomic E-state index is 0.287. The number of rotatable bonds is 7. The minimum atomic E-state index is -0.835. The van der Waals surface area contributed by atoms with Crippen LogP contribution in [-0.2, 0) is 14.3 Å². The Bertz CT molecular complexity index is 635. The molecular weight excluding hydrogens is 355 g/mol. The fraction of sp³-hybridized carbons (Fsp3) is 0.438. The van der Waals surface area contributed by atoms with E-state index in [0.29, 0.717) is 21.5 Å². The van der Waals surface area contributed by atoms with E-state index in [2.05, 4.69) is 10.5 Å². The summed E-state index contributed by atoms with van der Waals surface area (Å²) in [5, 5.41) is 4.68. The molecule has 6 nitrogen and oxygen atoms in total. The summed E-state index contributed by atoms with van der Waals surface area (Å²) in [6, 6.07) is 4.70. The number of benzene rings is 1. The van der Waals surface area contributed by atoms with Crippen molar-refractivity contribution in [3.63, 3.8) is 0 Å². The molecule has 1 aromatic rings. The first-order valence-corrected chi connectivity index (χ1v) is 8.14. The highest BCUT2D eigenvalue weighted by Gasteiger charge is 2.19. The van der Waals surface area contributed by atoms with Gasteiger partial charge in [0.1, 0.15) is 5.75 Å². The van der Waals surface area contributed by atoms with Gasteiger partial charge >= 0.3 is 5.97 Å². The summed E-state index contributed by atoms with van der Waals surface area (Å²) in [5.74, 6) is -1.09. The number of hydrogen-bond acceptors (Lipinski definition) is 5. The quantitative estimate of drug-likeness (QED) is 0.450. The molecule has 0 aliphatic rings. The van der Waals surface area contributed by atoms with E-state index in [0.717, 1.165) is 0 Å². The van der Waals surface area contributed by atoms with Gasteiger partial charge in [0.2, 0.25) is 0 Å². The van der Waals surface area contributed by atoms with Crippen LogP contribution in [0.1, 0.15) is 27.7 Å². The van der Waals surface area contributed by atoms with Crippen LogP contribution in [0.5, 0.6) is 5.75 Å². The number of carbonyl (C=O) groups is 2. The highest BCUT2D eigenvalue weighted by molar-refractivity contribution is 6.35. The normalized spacial score (nSPS) is 13.8. The van der Waals surface area contributed by atoms with Crippen LogP contribution >= 0.6 is 23.2 Å². The molecule has 1 rings (SSSR count). The number of halogens is 2. The zero-order valence-electron chi connectivity index (χ0n) is 13.9. The minimum Gasteiger partial charge on any atom is -0.479 e. The standard InChI is InChI=1S/C16H20Cl2N2O4/c1-5-23-16(22)9(2)10(3)19-20-15(21)11(4)24-14-7-6-12(17)8-13(14)18/h6-9,11H,5H2,1-4H3,(H,20,21)/b19-10+. The Hall–Kier alpha value is -1.79. The van der Waals surface area contributed by atoms with Crippen LogP contribution in [-0.4, -0.2) is 30.3 Å². The molecule has 24 heavy (non-hydrogen) atoms. The zero-order valence-corrected chi connectivity index (χ0v) is 15.4. The molecule has 0 saturated carbocycles. The van der Waals surface area contributed by atoms with Gasteiger partial charge in [-0.3, -0.25) is 9.59 Å². The first kappa shape index (κ1) is 20.3. The van der Waals surface area contributed by atoms with Crippen LogP contribution in [0.3, 0.4) is 0 Å². The molecule has 0 spiro atoms. The number of ether oxygens (including phenoxy) is 2. The average molecular weight is 375 g/mol. The third-order valence-electron chi connectivity index (χ3n) is 3.18. The van der Waals surface area contributed by atoms with Crippen molar-refractivity contribution < 1.29 is 19.1 Å². The number of amides is 1. The fourth-order valence-corrected chi connectivity index (χ4v) is 2.04. The zero-order chi connectivity index (χ0) is 18.3. The number of esters is 1. The second kappa shape index (κ2) is 9.49. The maximum absolute atomic E-state index is 12.0. The van der Waals surface area contributed by atoms with Crippen LogP contribution < -0.4 is 10.2 Å². The van der Waals surface area contributed by atoms with Gasteiger partial charge in [-0.2, -0.15) is 5.10 Å². The molecule has 0 aliphatic heterocycles. The van der Waals surface area contributed by atoms with Crippen molar-refractivity contribution in [3.8, 4) is 5.75 Å². The largest absolute Gasteiger partial charge is 0.479 e. The van der Waals surface area contributed by atoms with Crippen molar-refractivity contribution in [2.24, 2.45) is 11.0 Å². The van der Waals surface area contributed by atoms with Crippen LogP contribution in [0.2, 0.25) is 10.0 Å². The van der Waals surface area contributed by atoms with Crippen molar-refractivity contribution in [3.05, 3.63) is 28.2 Å². The molecule has 1 N–H and O–H groups in total. The van der Waals surface area contributed by atoms with Gasteiger partial charge in [0.15, 0.2) is 6.10 Å². The lowest BCUT2D eigenvalue weighted by atomic mass is 10.1. The van der Waals surface area contributed by atoms with Crippen molar-refractivity contribution in [2.45, 2.75) is 33.8 Å². The van der Waals surface area contributed by atoms with Crippen LogP contribution in [0, 0.1) is 5.92 Å². The maximum atomic E-state index is 12.0. The maximum Gasteiger partial charge on any atom is 0.314 e. The molecule has 1 amide bonds. The van der Waals surface area contributed by atoms with E-state index in [1.165, 1.54) is 6.07 Å². The Kier molecular flexibility index (Phi) is 8.01. The van der Waals surface area contributed by atoms with Gasteiger partial charge in [0, 0.05) is 10.7 Å². The number of nitrogens with zero attached hydrogens (tertiary/aromatic N) is 1. The second-order valence-corrected chi connectivity index (χ2v) is 5.88. The van der Waals surface area contributed by atoms with Crippen molar-refractivity contribution in [1.29, 1.82) is 0 Å². The Balaban J connectivity index is 2.63. The first-order chi connectivity index (χ1) is 11.3. The van der Waals surface area contributed by atoms with Gasteiger partial charge in [-0.25, -0.2) is 5.43 Å². The summed E-state index contributed by atoms with van der Waals surface area (Å²) in [6.07, 6.45) is -0.835. The molecule has 0 radical (unpaired) electrons. The molecule has 0 fully saturated rings. The number of hydrazone groups is 1. The van der Waals surface area contributed by atoms with Gasteiger partial charge in [-0.05, 0) is 45.9 Å². The van der Waals surface area contributed by atoms with Gasteiger partial charge in [0.25, 0.3) is 5.91 Å². The Labute approximate surface area is 151 Å². The van der Waals surface area contributed by atoms with Gasteiger partial charge < -0.3 is 9.47 Å². The van der Waals surface area contributed by atoms with Crippen LogP contribution in [0.4, 0.5) is 0 Å². The van der Waals surface area contributed by atoms with E-state index in [4.69, 9.17) is 32.7 Å². The predicted molar refractivity (Wildman–Crippen MR) is 93.6 cm³/mol. The summed E-state index contributed by atoms with van der Waals surface area (Å²) in [4.78, 5) is 23.6. The SMILES string of the molecule is CCOC(=O)C(C)/C(C)=N/NC(=O)C(C)Oc1ccc(Cl)cc1Cl. The molecule has 132 valence electrons. The molecule has 2 atom stereocenters. The molecule has 0 aliphatic carbocycles. The smallest absolute Gasteiger partial charge is 0.314 e. The lowest BCUT2D eigenvalue weighted by molar-refractivity contribution is -0.145. The summed E-state index contributed by atoms with van der Waals surface area (Å²) in [5.41, 5.74) is 2.79. The molecule has 1 aromatic carbocycles. The van der Waals surface area contributed by atoms with Crippen LogP contribution in [0.25, 0.3) is 0 Å². The molecule has 0 bridgehead atoms. The lowest BCUT2D eigenvalue weighted by Crippen LogP contribution is -2.35. The highest BCUT2D eigenvalue weighted by atomic mass is 35.5. The predicted octanol–water partition coefficient (Wildman–Crippen LogP) is 3.45. The van der Waals surface area contributed by atoms with Crippen molar-refractivity contribution in [1.82, 2.24) is 5.43 Å². The highest BCUT2D eigenvalue weighted by Crippen LogP contribution is 2.28. The lowest BCUT2D eigenvalue weighted by Gasteiger charge is -2.15. The molecule has 2 unspecified atom stereocenters. The Morgan fingerprint density at radius 2 is 1.96 bits per heavy atom. The van der Waals surface area contributed by atoms with Gasteiger partial charge in [-0.15, -0.1) is 0 Å². The molecule has 0 saturated heterocycles. The summed E-state index contributed by atoms with van der Waals surface area (Å²) >= 11 is 11.8. The fourth-order valence-electron chi connectivity index (χ4n) is 1.58. The van der Waals surface area contributed by atoms with Crippen molar-refractivity contribution in [2.75, 3.05) is 6.61 Å². The summed E-state index contributed by atoms with van der Waals surface area (Å²) in [6.45, 7) is 6.84. The van der Waals surface area contributed by atoms with Crippen molar-refractivity contribution >= 4 is 40.8 Å². The van der Waals surface area contributed by atoms with E-state index in [1.54, 1.807) is 39.8 Å². The number of nitrogens with one attached hydrogen (secondary N) is 1. The summed E-state index contributed by atoms with van der Waals surface area (Å²) < 4.78 is 10.4. The topological polar surface area (TPSA) is 77.0 Å². The van der Waals surface area contributed by atoms with Gasteiger partial charge in [-0.1, -0.05) is 23.2 Å². The van der Waals surface area contributed by atoms with E-state index < -0.39 is 23.9 Å². The van der Waals surface area contributed by atoms with E-state index in [9.17, 15) is 9.59 Å². The second-order valence-electron chi connectivity index (χ2n) is 5.04. The van der Waals surface area contributed by atoms with E-state index in [-0.39, 0.29) is 6.61 Å². The third kappa shape index (κ3) is 6.02. The first-order valence-electron chi connectivity index (χ1n) is 7.38. The van der Waals surface area contributed by atoms with E-state index >= 15 is 0 Å². The monoisotopic (exact) mass is 374 g/mol. The Morgan fingerprint density at radius 3 is 2.54 bits per heavy atom.